The summed E-state index contributed by atoms with van der Waals surface area (Å²) in [6.45, 7) is 2.71. The fourth-order valence-electron chi connectivity index (χ4n) is 2.40. The average molecular weight is 284 g/mol. The molecule has 0 spiro atoms. The second-order valence-corrected chi connectivity index (χ2v) is 5.51. The number of amides is 1. The number of aromatic amines is 1. The van der Waals surface area contributed by atoms with Crippen LogP contribution in [0.4, 0.5) is 0 Å². The number of nitrogens with zero attached hydrogens (tertiary/aromatic N) is 3. The first kappa shape index (κ1) is 13.8. The van der Waals surface area contributed by atoms with Crippen molar-refractivity contribution in [2.75, 3.05) is 0 Å². The summed E-state index contributed by atoms with van der Waals surface area (Å²) >= 11 is 0. The van der Waals surface area contributed by atoms with Gasteiger partial charge >= 0.3 is 0 Å². The highest BCUT2D eigenvalue weighted by molar-refractivity contribution is 5.90. The summed E-state index contributed by atoms with van der Waals surface area (Å²) in [4.78, 5) is 18.8. The van der Waals surface area contributed by atoms with Gasteiger partial charge in [-0.25, -0.2) is 4.98 Å². The molecule has 5 nitrogen and oxygen atoms in total. The molecule has 0 radical (unpaired) electrons. The smallest absolute Gasteiger partial charge is 0.294 e. The van der Waals surface area contributed by atoms with Crippen LogP contribution in [0.5, 0.6) is 0 Å². The van der Waals surface area contributed by atoms with Crippen molar-refractivity contribution in [2.45, 2.75) is 45.2 Å². The molecule has 1 aliphatic rings. The molecule has 5 heteroatoms. The van der Waals surface area contributed by atoms with E-state index in [2.05, 4.69) is 22.1 Å². The van der Waals surface area contributed by atoms with Gasteiger partial charge in [0.15, 0.2) is 0 Å². The summed E-state index contributed by atoms with van der Waals surface area (Å²) in [5.74, 6) is 1.01. The number of H-pyrrole nitrogens is 1. The van der Waals surface area contributed by atoms with E-state index in [1.54, 1.807) is 0 Å². The van der Waals surface area contributed by atoms with Gasteiger partial charge in [-0.15, -0.1) is 5.10 Å². The van der Waals surface area contributed by atoms with Crippen molar-refractivity contribution < 1.29 is 4.79 Å². The predicted octanol–water partition coefficient (Wildman–Crippen LogP) is 2.56. The summed E-state index contributed by atoms with van der Waals surface area (Å²) in [5, 5.41) is 6.94. The Morgan fingerprint density at radius 2 is 2.10 bits per heavy atom. The standard InChI is InChI=1S/C16H20N4O/c1-2-6-14-17-15(19-18-14)16(21)20(13-9-10-13)11-12-7-4-3-5-8-12/h3-5,7-8,13H,2,6,9-11H2,1H3,(H,17,18,19). The van der Waals surface area contributed by atoms with Gasteiger partial charge in [-0.2, -0.15) is 0 Å². The third-order valence-corrected chi connectivity index (χ3v) is 3.65. The van der Waals surface area contributed by atoms with E-state index < -0.39 is 0 Å². The Balaban J connectivity index is 1.75. The number of hydrogen-bond donors (Lipinski definition) is 1. The van der Waals surface area contributed by atoms with Crippen molar-refractivity contribution in [3.63, 3.8) is 0 Å². The molecule has 1 aromatic carbocycles. The lowest BCUT2D eigenvalue weighted by atomic mass is 10.2. The number of rotatable bonds is 6. The Morgan fingerprint density at radius 1 is 1.33 bits per heavy atom. The molecule has 1 aliphatic carbocycles. The van der Waals surface area contributed by atoms with Crippen LogP contribution >= 0.6 is 0 Å². The summed E-state index contributed by atoms with van der Waals surface area (Å²) in [6, 6.07) is 10.4. The largest absolute Gasteiger partial charge is 0.329 e. The number of carbonyl (C=O) groups is 1. The predicted molar refractivity (Wildman–Crippen MR) is 79.7 cm³/mol. The Hall–Kier alpha value is -2.17. The van der Waals surface area contributed by atoms with Gasteiger partial charge in [0.25, 0.3) is 5.91 Å². The Kier molecular flexibility index (Phi) is 3.99. The van der Waals surface area contributed by atoms with E-state index in [-0.39, 0.29) is 5.91 Å². The van der Waals surface area contributed by atoms with Crippen molar-refractivity contribution in [1.82, 2.24) is 20.1 Å². The van der Waals surface area contributed by atoms with Crippen molar-refractivity contribution >= 4 is 5.91 Å². The van der Waals surface area contributed by atoms with Crippen LogP contribution in [0.1, 0.15) is 48.2 Å². The summed E-state index contributed by atoms with van der Waals surface area (Å²) in [7, 11) is 0. The Bertz CT molecular complexity index is 604. The maximum absolute atomic E-state index is 12.6. The minimum atomic E-state index is -0.0695. The normalized spacial score (nSPS) is 14.1. The molecule has 0 aliphatic heterocycles. The average Bonchev–Trinajstić information content (AvgIpc) is 3.25. The van der Waals surface area contributed by atoms with Gasteiger partial charge in [0.05, 0.1) is 0 Å². The highest BCUT2D eigenvalue weighted by Gasteiger charge is 2.34. The quantitative estimate of drug-likeness (QED) is 0.886. The van der Waals surface area contributed by atoms with Gasteiger partial charge in [0.2, 0.25) is 5.82 Å². The molecule has 21 heavy (non-hydrogen) atoms. The SMILES string of the molecule is CCCc1nc(C(=O)N(Cc2ccccc2)C2CC2)n[nH]1. The molecule has 1 heterocycles. The lowest BCUT2D eigenvalue weighted by Crippen LogP contribution is -2.33. The highest BCUT2D eigenvalue weighted by atomic mass is 16.2. The third-order valence-electron chi connectivity index (χ3n) is 3.65. The maximum Gasteiger partial charge on any atom is 0.294 e. The first-order chi connectivity index (χ1) is 10.3. The van der Waals surface area contributed by atoms with Gasteiger partial charge < -0.3 is 4.90 Å². The molecule has 0 saturated heterocycles. The number of aryl methyl sites for hydroxylation is 1. The van der Waals surface area contributed by atoms with Crippen molar-refractivity contribution in [3.8, 4) is 0 Å². The molecule has 1 N–H and O–H groups in total. The van der Waals surface area contributed by atoms with Crippen molar-refractivity contribution in [2.24, 2.45) is 0 Å². The van der Waals surface area contributed by atoms with Gasteiger partial charge in [0, 0.05) is 19.0 Å². The van der Waals surface area contributed by atoms with E-state index in [1.165, 1.54) is 0 Å². The first-order valence-electron chi connectivity index (χ1n) is 7.54. The fraction of sp³-hybridized carbons (Fsp3) is 0.438. The van der Waals surface area contributed by atoms with Gasteiger partial charge in [-0.1, -0.05) is 37.3 Å². The van der Waals surface area contributed by atoms with E-state index >= 15 is 0 Å². The Labute approximate surface area is 124 Å². The number of nitrogens with one attached hydrogen (secondary N) is 1. The van der Waals surface area contributed by atoms with E-state index in [1.807, 2.05) is 35.2 Å². The summed E-state index contributed by atoms with van der Waals surface area (Å²) in [6.07, 6.45) is 3.96. The molecule has 2 aromatic rings. The summed E-state index contributed by atoms with van der Waals surface area (Å²) < 4.78 is 0. The number of aromatic nitrogens is 3. The minimum absolute atomic E-state index is 0.0695. The number of benzene rings is 1. The molecule has 1 fully saturated rings. The van der Waals surface area contributed by atoms with Gasteiger partial charge in [0.1, 0.15) is 5.82 Å². The lowest BCUT2D eigenvalue weighted by Gasteiger charge is -2.20. The molecule has 110 valence electrons. The molecule has 0 unspecified atom stereocenters. The van der Waals surface area contributed by atoms with E-state index in [0.29, 0.717) is 18.4 Å². The van der Waals surface area contributed by atoms with Crippen LogP contribution in [0.3, 0.4) is 0 Å². The van der Waals surface area contributed by atoms with E-state index in [9.17, 15) is 4.79 Å². The molecule has 0 bridgehead atoms. The van der Waals surface area contributed by atoms with Gasteiger partial charge in [-0.3, -0.25) is 9.89 Å². The van der Waals surface area contributed by atoms with Crippen LogP contribution in [0.25, 0.3) is 0 Å². The third kappa shape index (κ3) is 3.29. The van der Waals surface area contributed by atoms with E-state index in [0.717, 1.165) is 37.1 Å². The van der Waals surface area contributed by atoms with Crippen molar-refractivity contribution in [1.29, 1.82) is 0 Å². The van der Waals surface area contributed by atoms with Gasteiger partial charge in [-0.05, 0) is 24.8 Å². The first-order valence-corrected chi connectivity index (χ1v) is 7.54. The van der Waals surface area contributed by atoms with Crippen LogP contribution in [0.15, 0.2) is 30.3 Å². The molecule has 3 rings (SSSR count). The molecule has 1 aromatic heterocycles. The molecule has 0 atom stereocenters. The van der Waals surface area contributed by atoms with Crippen LogP contribution in [0.2, 0.25) is 0 Å². The minimum Gasteiger partial charge on any atom is -0.329 e. The molecule has 1 amide bonds. The topological polar surface area (TPSA) is 61.9 Å². The molecular formula is C16H20N4O. The van der Waals surface area contributed by atoms with Crippen LogP contribution < -0.4 is 0 Å². The van der Waals surface area contributed by atoms with Crippen LogP contribution in [-0.4, -0.2) is 32.0 Å². The van der Waals surface area contributed by atoms with Crippen molar-refractivity contribution in [3.05, 3.63) is 47.5 Å². The van der Waals surface area contributed by atoms with E-state index in [4.69, 9.17) is 0 Å². The number of hydrogen-bond acceptors (Lipinski definition) is 3. The second kappa shape index (κ2) is 6.08. The molecular weight excluding hydrogens is 264 g/mol. The van der Waals surface area contributed by atoms with Crippen LogP contribution in [-0.2, 0) is 13.0 Å². The zero-order chi connectivity index (χ0) is 14.7. The zero-order valence-corrected chi connectivity index (χ0v) is 12.2. The monoisotopic (exact) mass is 284 g/mol. The lowest BCUT2D eigenvalue weighted by molar-refractivity contribution is 0.0718. The zero-order valence-electron chi connectivity index (χ0n) is 12.2. The maximum atomic E-state index is 12.6. The fourth-order valence-corrected chi connectivity index (χ4v) is 2.40. The second-order valence-electron chi connectivity index (χ2n) is 5.51. The Morgan fingerprint density at radius 3 is 2.76 bits per heavy atom. The molecule has 1 saturated carbocycles. The summed E-state index contributed by atoms with van der Waals surface area (Å²) in [5.41, 5.74) is 1.14. The van der Waals surface area contributed by atoms with Crippen LogP contribution in [0, 0.1) is 0 Å². The number of carbonyl (C=O) groups excluding carboxylic acids is 1. The highest BCUT2D eigenvalue weighted by Crippen LogP contribution is 2.29.